The van der Waals surface area contributed by atoms with Crippen molar-refractivity contribution in [3.8, 4) is 0 Å². The smallest absolute Gasteiger partial charge is 0.306 e. The number of allylic oxidation sites excluding steroid dienone is 2. The first kappa shape index (κ1) is 11.9. The van der Waals surface area contributed by atoms with E-state index in [-0.39, 0.29) is 24.6 Å². The summed E-state index contributed by atoms with van der Waals surface area (Å²) < 4.78 is 4.69. The predicted octanol–water partition coefficient (Wildman–Crippen LogP) is 1.86. The first-order chi connectivity index (χ1) is 6.06. The van der Waals surface area contributed by atoms with E-state index >= 15 is 0 Å². The van der Waals surface area contributed by atoms with Gasteiger partial charge in [0, 0.05) is 6.42 Å². The molecule has 0 heterocycles. The van der Waals surface area contributed by atoms with Gasteiger partial charge >= 0.3 is 5.97 Å². The lowest BCUT2D eigenvalue weighted by molar-refractivity contribution is -0.144. The number of ether oxygens (including phenoxy) is 1. The molecular weight excluding hydrogens is 168 g/mol. The molecule has 0 aliphatic rings. The molecular formula is C10H16O3. The maximum atomic E-state index is 11.1. The van der Waals surface area contributed by atoms with Gasteiger partial charge in [-0.25, -0.2) is 0 Å². The van der Waals surface area contributed by atoms with Crippen LogP contribution in [0.1, 0.15) is 33.6 Å². The minimum atomic E-state index is -0.307. The molecule has 0 aromatic rings. The molecule has 0 fully saturated rings. The zero-order valence-corrected chi connectivity index (χ0v) is 8.42. The summed E-state index contributed by atoms with van der Waals surface area (Å²) in [7, 11) is 0. The van der Waals surface area contributed by atoms with E-state index in [2.05, 4.69) is 4.74 Å². The van der Waals surface area contributed by atoms with E-state index in [4.69, 9.17) is 0 Å². The maximum absolute atomic E-state index is 11.1. The Hall–Kier alpha value is -1.12. The van der Waals surface area contributed by atoms with Gasteiger partial charge in [0.1, 0.15) is 0 Å². The fraction of sp³-hybridized carbons (Fsp3) is 0.600. The van der Waals surface area contributed by atoms with Crippen molar-refractivity contribution >= 4 is 11.8 Å². The molecule has 0 bridgehead atoms. The van der Waals surface area contributed by atoms with Gasteiger partial charge in [0.25, 0.3) is 0 Å². The minimum Gasteiger partial charge on any atom is -0.466 e. The topological polar surface area (TPSA) is 43.4 Å². The van der Waals surface area contributed by atoms with Crippen molar-refractivity contribution < 1.29 is 14.3 Å². The lowest BCUT2D eigenvalue weighted by Crippen LogP contribution is -2.06. The zero-order valence-electron chi connectivity index (χ0n) is 8.42. The van der Waals surface area contributed by atoms with Crippen molar-refractivity contribution in [2.24, 2.45) is 0 Å². The molecule has 3 heteroatoms. The van der Waals surface area contributed by atoms with Crippen LogP contribution in [0, 0.1) is 0 Å². The van der Waals surface area contributed by atoms with Crippen LogP contribution in [0.5, 0.6) is 0 Å². The van der Waals surface area contributed by atoms with E-state index in [0.29, 0.717) is 6.61 Å². The fourth-order valence-electron chi connectivity index (χ4n) is 0.853. The number of esters is 1. The summed E-state index contributed by atoms with van der Waals surface area (Å²) >= 11 is 0. The lowest BCUT2D eigenvalue weighted by atomic mass is 10.2. The first-order valence-corrected chi connectivity index (χ1v) is 4.39. The zero-order chi connectivity index (χ0) is 10.3. The van der Waals surface area contributed by atoms with Crippen LogP contribution in [0.2, 0.25) is 0 Å². The summed E-state index contributed by atoms with van der Waals surface area (Å²) in [6, 6.07) is 0. The second kappa shape index (κ2) is 6.40. The second-order valence-corrected chi connectivity index (χ2v) is 2.99. The third-order valence-electron chi connectivity index (χ3n) is 1.33. The van der Waals surface area contributed by atoms with Gasteiger partial charge in [0.15, 0.2) is 5.78 Å². The van der Waals surface area contributed by atoms with Crippen molar-refractivity contribution in [3.05, 3.63) is 11.6 Å². The van der Waals surface area contributed by atoms with Crippen LogP contribution in [-0.2, 0) is 14.3 Å². The molecule has 0 radical (unpaired) electrons. The van der Waals surface area contributed by atoms with Crippen molar-refractivity contribution in [1.82, 2.24) is 0 Å². The highest BCUT2D eigenvalue weighted by Gasteiger charge is 2.04. The molecule has 0 saturated heterocycles. The first-order valence-electron chi connectivity index (χ1n) is 4.39. The maximum Gasteiger partial charge on any atom is 0.306 e. The molecule has 0 aromatic carbocycles. The average molecular weight is 184 g/mol. The Morgan fingerprint density at radius 2 is 1.85 bits per heavy atom. The van der Waals surface area contributed by atoms with E-state index in [1.165, 1.54) is 0 Å². The molecule has 0 aliphatic carbocycles. The Bertz CT molecular complexity index is 212. The number of hydrogen-bond donors (Lipinski definition) is 0. The highest BCUT2D eigenvalue weighted by atomic mass is 16.5. The summed E-state index contributed by atoms with van der Waals surface area (Å²) in [6.45, 7) is 5.82. The Morgan fingerprint density at radius 1 is 1.23 bits per heavy atom. The van der Waals surface area contributed by atoms with Crippen LogP contribution in [-0.4, -0.2) is 18.4 Å². The lowest BCUT2D eigenvalue weighted by Gasteiger charge is -1.99. The van der Waals surface area contributed by atoms with Gasteiger partial charge in [-0.3, -0.25) is 9.59 Å². The Kier molecular flexibility index (Phi) is 5.85. The quantitative estimate of drug-likeness (QED) is 0.484. The van der Waals surface area contributed by atoms with E-state index in [1.807, 2.05) is 13.8 Å². The second-order valence-electron chi connectivity index (χ2n) is 2.99. The van der Waals surface area contributed by atoms with Gasteiger partial charge in [0.2, 0.25) is 0 Å². The Labute approximate surface area is 78.8 Å². The highest BCUT2D eigenvalue weighted by molar-refractivity contribution is 5.92. The van der Waals surface area contributed by atoms with Gasteiger partial charge in [-0.05, 0) is 26.8 Å². The number of ketones is 1. The van der Waals surface area contributed by atoms with Gasteiger partial charge < -0.3 is 4.74 Å². The number of carbonyl (C=O) groups is 2. The molecule has 13 heavy (non-hydrogen) atoms. The largest absolute Gasteiger partial charge is 0.466 e. The van der Waals surface area contributed by atoms with Gasteiger partial charge in [-0.15, -0.1) is 0 Å². The standard InChI is InChI=1S/C10H16O3/c1-4-13-10(12)6-5-9(11)7-8(2)3/h7H,4-6H2,1-3H3. The molecule has 0 rings (SSSR count). The third-order valence-corrected chi connectivity index (χ3v) is 1.33. The third kappa shape index (κ3) is 7.25. The van der Waals surface area contributed by atoms with Crippen LogP contribution in [0.4, 0.5) is 0 Å². The highest BCUT2D eigenvalue weighted by Crippen LogP contribution is 1.98. The average Bonchev–Trinajstić information content (AvgIpc) is 2.00. The molecule has 3 nitrogen and oxygen atoms in total. The summed E-state index contributed by atoms with van der Waals surface area (Å²) in [4.78, 5) is 21.9. The van der Waals surface area contributed by atoms with Crippen molar-refractivity contribution in [2.45, 2.75) is 33.6 Å². The SMILES string of the molecule is CCOC(=O)CCC(=O)C=C(C)C. The summed E-state index contributed by atoms with van der Waals surface area (Å²) in [5.74, 6) is -0.328. The van der Waals surface area contributed by atoms with E-state index < -0.39 is 0 Å². The molecule has 74 valence electrons. The Morgan fingerprint density at radius 3 is 2.31 bits per heavy atom. The molecule has 0 atom stereocenters. The van der Waals surface area contributed by atoms with Crippen LogP contribution < -0.4 is 0 Å². The van der Waals surface area contributed by atoms with Crippen molar-refractivity contribution in [3.63, 3.8) is 0 Å². The van der Waals surface area contributed by atoms with E-state index in [1.54, 1.807) is 13.0 Å². The molecule has 0 saturated carbocycles. The van der Waals surface area contributed by atoms with E-state index in [0.717, 1.165) is 5.57 Å². The van der Waals surface area contributed by atoms with Crippen LogP contribution >= 0.6 is 0 Å². The molecule has 0 N–H and O–H groups in total. The van der Waals surface area contributed by atoms with Crippen molar-refractivity contribution in [2.75, 3.05) is 6.61 Å². The van der Waals surface area contributed by atoms with Gasteiger partial charge in [0.05, 0.1) is 13.0 Å². The number of hydrogen-bond acceptors (Lipinski definition) is 3. The molecule has 0 spiro atoms. The summed E-state index contributed by atoms with van der Waals surface area (Å²) in [6.07, 6.45) is 1.96. The summed E-state index contributed by atoms with van der Waals surface area (Å²) in [5, 5.41) is 0. The number of carbonyl (C=O) groups excluding carboxylic acids is 2. The minimum absolute atomic E-state index is 0.0203. The van der Waals surface area contributed by atoms with Crippen LogP contribution in [0.25, 0.3) is 0 Å². The van der Waals surface area contributed by atoms with Crippen molar-refractivity contribution in [1.29, 1.82) is 0 Å². The fourth-order valence-corrected chi connectivity index (χ4v) is 0.853. The molecule has 0 aliphatic heterocycles. The molecule has 0 unspecified atom stereocenters. The van der Waals surface area contributed by atoms with E-state index in [9.17, 15) is 9.59 Å². The van der Waals surface area contributed by atoms with Crippen LogP contribution in [0.3, 0.4) is 0 Å². The van der Waals surface area contributed by atoms with Gasteiger partial charge in [-0.1, -0.05) is 5.57 Å². The molecule has 0 aromatic heterocycles. The molecule has 0 amide bonds. The normalized spacial score (nSPS) is 9.15. The number of rotatable bonds is 5. The predicted molar refractivity (Wildman–Crippen MR) is 50.3 cm³/mol. The monoisotopic (exact) mass is 184 g/mol. The Balaban J connectivity index is 3.71. The van der Waals surface area contributed by atoms with Gasteiger partial charge in [-0.2, -0.15) is 0 Å². The summed E-state index contributed by atoms with van der Waals surface area (Å²) in [5.41, 5.74) is 0.953. The van der Waals surface area contributed by atoms with Crippen LogP contribution in [0.15, 0.2) is 11.6 Å².